The fraction of sp³-hybridized carbons (Fsp3) is 0.222. The molecule has 0 radical (unpaired) electrons. The molecule has 6 rings (SSSR count). The molecule has 3 N–H and O–H groups in total. The summed E-state index contributed by atoms with van der Waals surface area (Å²) in [6.45, 7) is 13.2. The SMILES string of the molecule is Brc1coc2ccccc12.CC(C)(C)c1ccc(N)cc1.CC(C)(C)c1ccc(Nc2coc3ccccc23)cc1. The van der Waals surface area contributed by atoms with Crippen LogP contribution >= 0.6 is 15.9 Å². The molecule has 0 unspecified atom stereocenters. The number of halogens is 1. The first kappa shape index (κ1) is 30.0. The second-order valence-electron chi connectivity index (χ2n) is 12.0. The molecule has 0 spiro atoms. The highest BCUT2D eigenvalue weighted by molar-refractivity contribution is 9.10. The standard InChI is InChI=1S/C18H19NO.C10H15N.C8H5BrO/c1-18(2,3)13-8-10-14(11-9-13)19-16-12-20-17-7-5-4-6-15(16)17;1-10(2,3)8-4-6-9(11)7-5-8;9-7-5-10-8-4-2-1-3-6(7)8/h4-12,19H,1-3H3;4-7H,11H2,1-3H3;1-5H. The van der Waals surface area contributed by atoms with Gasteiger partial charge in [0.25, 0.3) is 0 Å². The van der Waals surface area contributed by atoms with Gasteiger partial charge in [-0.3, -0.25) is 0 Å². The average Bonchev–Trinajstić information content (AvgIpc) is 3.53. The van der Waals surface area contributed by atoms with E-state index in [1.54, 1.807) is 12.5 Å². The van der Waals surface area contributed by atoms with E-state index in [2.05, 4.69) is 105 Å². The zero-order chi connectivity index (χ0) is 29.6. The predicted molar refractivity (Wildman–Crippen MR) is 178 cm³/mol. The molecule has 41 heavy (non-hydrogen) atoms. The zero-order valence-corrected chi connectivity index (χ0v) is 26.3. The van der Waals surface area contributed by atoms with E-state index in [1.165, 1.54) is 11.1 Å². The van der Waals surface area contributed by atoms with E-state index < -0.39 is 0 Å². The van der Waals surface area contributed by atoms with Crippen LogP contribution < -0.4 is 11.1 Å². The molecule has 2 heterocycles. The van der Waals surface area contributed by atoms with Gasteiger partial charge in [-0.05, 0) is 86.4 Å². The van der Waals surface area contributed by atoms with Gasteiger partial charge in [0.15, 0.2) is 0 Å². The molecule has 2 aromatic heterocycles. The van der Waals surface area contributed by atoms with E-state index in [0.29, 0.717) is 0 Å². The van der Waals surface area contributed by atoms with Crippen LogP contribution in [0.2, 0.25) is 0 Å². The van der Waals surface area contributed by atoms with E-state index in [-0.39, 0.29) is 10.8 Å². The lowest BCUT2D eigenvalue weighted by Gasteiger charge is -2.19. The first-order valence-corrected chi connectivity index (χ1v) is 14.5. The maximum absolute atomic E-state index is 5.57. The highest BCUT2D eigenvalue weighted by Gasteiger charge is 2.13. The van der Waals surface area contributed by atoms with E-state index in [4.69, 9.17) is 14.6 Å². The Balaban J connectivity index is 0.000000156. The second kappa shape index (κ2) is 12.7. The van der Waals surface area contributed by atoms with Crippen LogP contribution in [0.25, 0.3) is 21.9 Å². The van der Waals surface area contributed by atoms with Crippen molar-refractivity contribution in [3.63, 3.8) is 0 Å². The Bertz CT molecular complexity index is 1680. The number of nitrogen functional groups attached to an aromatic ring is 1. The van der Waals surface area contributed by atoms with Crippen LogP contribution in [0.4, 0.5) is 17.1 Å². The van der Waals surface area contributed by atoms with Crippen molar-refractivity contribution < 1.29 is 8.83 Å². The Labute approximate surface area is 251 Å². The molecule has 0 saturated heterocycles. The molecule has 5 heteroatoms. The van der Waals surface area contributed by atoms with Crippen molar-refractivity contribution >= 4 is 54.9 Å². The van der Waals surface area contributed by atoms with E-state index in [1.807, 2.05) is 54.6 Å². The predicted octanol–water partition coefficient (Wildman–Crippen LogP) is 11.2. The minimum Gasteiger partial charge on any atom is -0.463 e. The summed E-state index contributed by atoms with van der Waals surface area (Å²) in [5.41, 5.74) is 13.4. The molecule has 6 aromatic rings. The molecule has 0 aliphatic rings. The van der Waals surface area contributed by atoms with Crippen LogP contribution in [0.15, 0.2) is 123 Å². The summed E-state index contributed by atoms with van der Waals surface area (Å²) in [5, 5.41) is 5.64. The van der Waals surface area contributed by atoms with Crippen LogP contribution in [-0.4, -0.2) is 0 Å². The molecule has 0 atom stereocenters. The fourth-order valence-electron chi connectivity index (χ4n) is 4.21. The number of nitrogens with two attached hydrogens (primary N) is 1. The third kappa shape index (κ3) is 8.05. The van der Waals surface area contributed by atoms with Crippen LogP contribution in [-0.2, 0) is 10.8 Å². The molecule has 212 valence electrons. The molecule has 0 fully saturated rings. The molecular formula is C36H39BrN2O2. The highest BCUT2D eigenvalue weighted by atomic mass is 79.9. The van der Waals surface area contributed by atoms with Gasteiger partial charge in [0.2, 0.25) is 0 Å². The van der Waals surface area contributed by atoms with Crippen molar-refractivity contribution in [1.82, 2.24) is 0 Å². The molecule has 0 amide bonds. The van der Waals surface area contributed by atoms with Crippen molar-refractivity contribution in [2.24, 2.45) is 0 Å². The first-order valence-electron chi connectivity index (χ1n) is 13.7. The number of furan rings is 2. The van der Waals surface area contributed by atoms with Crippen molar-refractivity contribution in [2.75, 3.05) is 11.1 Å². The Kier molecular flexibility index (Phi) is 9.29. The van der Waals surface area contributed by atoms with Gasteiger partial charge >= 0.3 is 0 Å². The number of hydrogen-bond acceptors (Lipinski definition) is 4. The monoisotopic (exact) mass is 610 g/mol. The topological polar surface area (TPSA) is 64.3 Å². The summed E-state index contributed by atoms with van der Waals surface area (Å²) in [5.74, 6) is 0. The van der Waals surface area contributed by atoms with Gasteiger partial charge in [-0.1, -0.05) is 90.1 Å². The van der Waals surface area contributed by atoms with E-state index in [0.717, 1.165) is 43.5 Å². The molecule has 0 aliphatic heterocycles. The van der Waals surface area contributed by atoms with E-state index in [9.17, 15) is 0 Å². The van der Waals surface area contributed by atoms with Crippen molar-refractivity contribution in [3.05, 3.63) is 125 Å². The maximum Gasteiger partial charge on any atom is 0.136 e. The first-order chi connectivity index (χ1) is 19.4. The van der Waals surface area contributed by atoms with Gasteiger partial charge in [0.05, 0.1) is 10.2 Å². The van der Waals surface area contributed by atoms with Crippen LogP contribution in [0.5, 0.6) is 0 Å². The average molecular weight is 612 g/mol. The van der Waals surface area contributed by atoms with Crippen molar-refractivity contribution in [2.45, 2.75) is 52.4 Å². The molecular weight excluding hydrogens is 572 g/mol. The van der Waals surface area contributed by atoms with E-state index >= 15 is 0 Å². The quantitative estimate of drug-likeness (QED) is 0.191. The summed E-state index contributed by atoms with van der Waals surface area (Å²) in [6, 6.07) is 32.6. The number of hydrogen-bond donors (Lipinski definition) is 2. The molecule has 4 nitrogen and oxygen atoms in total. The number of anilines is 3. The lowest BCUT2D eigenvalue weighted by Crippen LogP contribution is -2.10. The highest BCUT2D eigenvalue weighted by Crippen LogP contribution is 2.30. The largest absolute Gasteiger partial charge is 0.463 e. The van der Waals surface area contributed by atoms with Gasteiger partial charge < -0.3 is 19.9 Å². The fourth-order valence-corrected chi connectivity index (χ4v) is 4.63. The minimum atomic E-state index is 0.181. The molecule has 0 saturated carbocycles. The smallest absolute Gasteiger partial charge is 0.136 e. The summed E-state index contributed by atoms with van der Waals surface area (Å²) in [4.78, 5) is 0. The van der Waals surface area contributed by atoms with Crippen LogP contribution in [0.3, 0.4) is 0 Å². The van der Waals surface area contributed by atoms with Gasteiger partial charge in [-0.2, -0.15) is 0 Å². The van der Waals surface area contributed by atoms with Crippen molar-refractivity contribution in [1.29, 1.82) is 0 Å². The number of para-hydroxylation sites is 2. The lowest BCUT2D eigenvalue weighted by molar-refractivity contribution is 0.590. The summed E-state index contributed by atoms with van der Waals surface area (Å²) < 4.78 is 11.8. The Hall–Kier alpha value is -3.96. The number of benzene rings is 4. The van der Waals surface area contributed by atoms with Gasteiger partial charge in [-0.15, -0.1) is 0 Å². The zero-order valence-electron chi connectivity index (χ0n) is 24.7. The van der Waals surface area contributed by atoms with Crippen molar-refractivity contribution in [3.8, 4) is 0 Å². The normalized spacial score (nSPS) is 11.4. The van der Waals surface area contributed by atoms with Crippen LogP contribution in [0, 0.1) is 0 Å². The minimum absolute atomic E-state index is 0.181. The van der Waals surface area contributed by atoms with Gasteiger partial charge in [0, 0.05) is 22.1 Å². The third-order valence-corrected chi connectivity index (χ3v) is 7.34. The number of nitrogens with one attached hydrogen (secondary N) is 1. The van der Waals surface area contributed by atoms with Crippen LogP contribution in [0.1, 0.15) is 52.7 Å². The summed E-state index contributed by atoms with van der Waals surface area (Å²) in [6.07, 6.45) is 3.47. The molecule has 0 bridgehead atoms. The maximum atomic E-state index is 5.57. The third-order valence-electron chi connectivity index (χ3n) is 6.72. The summed E-state index contributed by atoms with van der Waals surface area (Å²) in [7, 11) is 0. The summed E-state index contributed by atoms with van der Waals surface area (Å²) >= 11 is 3.37. The Morgan fingerprint density at radius 3 is 1.59 bits per heavy atom. The van der Waals surface area contributed by atoms with Gasteiger partial charge in [0.1, 0.15) is 23.7 Å². The lowest BCUT2D eigenvalue weighted by atomic mass is 9.87. The Morgan fingerprint density at radius 1 is 0.585 bits per heavy atom. The Morgan fingerprint density at radius 2 is 1.05 bits per heavy atom. The molecule has 4 aromatic carbocycles. The van der Waals surface area contributed by atoms with Gasteiger partial charge in [-0.25, -0.2) is 0 Å². The molecule has 0 aliphatic carbocycles. The second-order valence-corrected chi connectivity index (χ2v) is 12.9. The number of fused-ring (bicyclic) bond motifs is 2. The number of rotatable bonds is 2.